The predicted molar refractivity (Wildman–Crippen MR) is 108 cm³/mol. The first-order valence-electron chi connectivity index (χ1n) is 8.74. The summed E-state index contributed by atoms with van der Waals surface area (Å²) in [6.45, 7) is 4.05. The SMILES string of the molecule is Cc1cc(C)cc(NC(=O)c2ccc(S(=O)(=O)N(C)Cc3ccco3)cc2)c1. The first-order chi connectivity index (χ1) is 13.3. The number of amides is 1. The maximum atomic E-state index is 12.7. The summed E-state index contributed by atoms with van der Waals surface area (Å²) in [6, 6.07) is 15.1. The highest BCUT2D eigenvalue weighted by Crippen LogP contribution is 2.19. The van der Waals surface area contributed by atoms with E-state index in [-0.39, 0.29) is 17.3 Å². The lowest BCUT2D eigenvalue weighted by atomic mass is 10.1. The molecule has 0 fully saturated rings. The van der Waals surface area contributed by atoms with Crippen LogP contribution in [0, 0.1) is 13.8 Å². The average molecular weight is 398 g/mol. The molecule has 1 aromatic heterocycles. The van der Waals surface area contributed by atoms with Crippen molar-refractivity contribution in [2.75, 3.05) is 12.4 Å². The molecular weight excluding hydrogens is 376 g/mol. The Morgan fingerprint density at radius 2 is 1.68 bits per heavy atom. The number of nitrogens with one attached hydrogen (secondary N) is 1. The second-order valence-corrected chi connectivity index (χ2v) is 8.74. The lowest BCUT2D eigenvalue weighted by molar-refractivity contribution is 0.102. The Hall–Kier alpha value is -2.90. The van der Waals surface area contributed by atoms with Gasteiger partial charge in [0.25, 0.3) is 5.91 Å². The maximum Gasteiger partial charge on any atom is 0.255 e. The van der Waals surface area contributed by atoms with Crippen molar-refractivity contribution in [2.24, 2.45) is 0 Å². The molecule has 0 saturated carbocycles. The van der Waals surface area contributed by atoms with Gasteiger partial charge in [0.15, 0.2) is 0 Å². The normalized spacial score (nSPS) is 11.6. The number of hydrogen-bond donors (Lipinski definition) is 1. The molecule has 0 aliphatic heterocycles. The zero-order valence-corrected chi connectivity index (χ0v) is 16.8. The van der Waals surface area contributed by atoms with Crippen LogP contribution in [0.4, 0.5) is 5.69 Å². The fourth-order valence-electron chi connectivity index (χ4n) is 2.92. The van der Waals surface area contributed by atoms with Gasteiger partial charge in [0.1, 0.15) is 5.76 Å². The molecule has 1 amide bonds. The van der Waals surface area contributed by atoms with Crippen molar-refractivity contribution in [3.8, 4) is 0 Å². The number of hydrogen-bond acceptors (Lipinski definition) is 4. The summed E-state index contributed by atoms with van der Waals surface area (Å²) < 4.78 is 31.8. The average Bonchev–Trinajstić information content (AvgIpc) is 3.14. The molecule has 0 saturated heterocycles. The van der Waals surface area contributed by atoms with E-state index in [9.17, 15) is 13.2 Å². The molecule has 6 nitrogen and oxygen atoms in total. The smallest absolute Gasteiger partial charge is 0.255 e. The van der Waals surface area contributed by atoms with Crippen molar-refractivity contribution >= 4 is 21.6 Å². The van der Waals surface area contributed by atoms with Crippen molar-refractivity contribution in [3.05, 3.63) is 83.3 Å². The molecule has 0 aliphatic rings. The maximum absolute atomic E-state index is 12.7. The topological polar surface area (TPSA) is 79.6 Å². The first kappa shape index (κ1) is 19.9. The molecule has 2 aromatic carbocycles. The summed E-state index contributed by atoms with van der Waals surface area (Å²) in [4.78, 5) is 12.6. The van der Waals surface area contributed by atoms with E-state index in [0.717, 1.165) is 11.1 Å². The van der Waals surface area contributed by atoms with Crippen LogP contribution in [-0.2, 0) is 16.6 Å². The third-order valence-electron chi connectivity index (χ3n) is 4.26. The zero-order valence-electron chi connectivity index (χ0n) is 16.0. The molecule has 0 atom stereocenters. The van der Waals surface area contributed by atoms with Gasteiger partial charge in [-0.25, -0.2) is 8.42 Å². The van der Waals surface area contributed by atoms with E-state index in [1.54, 1.807) is 12.1 Å². The second kappa shape index (κ2) is 8.00. The van der Waals surface area contributed by atoms with Gasteiger partial charge in [-0.3, -0.25) is 4.79 Å². The highest BCUT2D eigenvalue weighted by molar-refractivity contribution is 7.89. The third-order valence-corrected chi connectivity index (χ3v) is 6.08. The number of carbonyl (C=O) groups excluding carboxylic acids is 1. The predicted octanol–water partition coefficient (Wildman–Crippen LogP) is 3.97. The third kappa shape index (κ3) is 4.49. The van der Waals surface area contributed by atoms with Crippen LogP contribution in [-0.4, -0.2) is 25.7 Å². The summed E-state index contributed by atoms with van der Waals surface area (Å²) in [6.07, 6.45) is 1.50. The molecule has 0 spiro atoms. The van der Waals surface area contributed by atoms with Crippen LogP contribution >= 0.6 is 0 Å². The number of benzene rings is 2. The Kier molecular flexibility index (Phi) is 5.67. The lowest BCUT2D eigenvalue weighted by Crippen LogP contribution is -2.26. The first-order valence-corrected chi connectivity index (χ1v) is 10.2. The van der Waals surface area contributed by atoms with Crippen LogP contribution < -0.4 is 5.32 Å². The summed E-state index contributed by atoms with van der Waals surface area (Å²) in [5.74, 6) is 0.258. The van der Waals surface area contributed by atoms with E-state index < -0.39 is 10.0 Å². The molecule has 146 valence electrons. The van der Waals surface area contributed by atoms with Gasteiger partial charge in [-0.05, 0) is 73.5 Å². The van der Waals surface area contributed by atoms with Crippen LogP contribution in [0.3, 0.4) is 0 Å². The highest BCUT2D eigenvalue weighted by Gasteiger charge is 2.22. The summed E-state index contributed by atoms with van der Waals surface area (Å²) in [7, 11) is -2.20. The fourth-order valence-corrected chi connectivity index (χ4v) is 4.05. The minimum atomic E-state index is -3.69. The fraction of sp³-hybridized carbons (Fsp3) is 0.190. The van der Waals surface area contributed by atoms with Gasteiger partial charge in [-0.1, -0.05) is 6.07 Å². The van der Waals surface area contributed by atoms with Crippen molar-refractivity contribution in [2.45, 2.75) is 25.3 Å². The summed E-state index contributed by atoms with van der Waals surface area (Å²) >= 11 is 0. The highest BCUT2D eigenvalue weighted by atomic mass is 32.2. The molecular formula is C21H22N2O4S. The molecule has 0 unspecified atom stereocenters. The van der Waals surface area contributed by atoms with E-state index in [1.807, 2.05) is 32.0 Å². The van der Waals surface area contributed by atoms with Crippen molar-refractivity contribution in [3.63, 3.8) is 0 Å². The van der Waals surface area contributed by atoms with E-state index in [4.69, 9.17) is 4.42 Å². The number of carbonyl (C=O) groups is 1. The Morgan fingerprint density at radius 3 is 2.25 bits per heavy atom. The van der Waals surface area contributed by atoms with Crippen LogP contribution in [0.1, 0.15) is 27.2 Å². The minimum absolute atomic E-state index is 0.115. The monoisotopic (exact) mass is 398 g/mol. The van der Waals surface area contributed by atoms with Gasteiger partial charge in [0, 0.05) is 18.3 Å². The van der Waals surface area contributed by atoms with Crippen LogP contribution in [0.2, 0.25) is 0 Å². The summed E-state index contributed by atoms with van der Waals surface area (Å²) in [5, 5.41) is 2.84. The quantitative estimate of drug-likeness (QED) is 0.681. The van der Waals surface area contributed by atoms with Gasteiger partial charge in [0.05, 0.1) is 17.7 Å². The van der Waals surface area contributed by atoms with Crippen molar-refractivity contribution < 1.29 is 17.6 Å². The minimum Gasteiger partial charge on any atom is -0.468 e. The molecule has 3 rings (SSSR count). The molecule has 1 N–H and O–H groups in total. The zero-order chi connectivity index (χ0) is 20.3. The van der Waals surface area contributed by atoms with E-state index in [1.165, 1.54) is 41.9 Å². The number of aryl methyl sites for hydroxylation is 2. The van der Waals surface area contributed by atoms with Gasteiger partial charge >= 0.3 is 0 Å². The van der Waals surface area contributed by atoms with Crippen molar-refractivity contribution in [1.82, 2.24) is 4.31 Å². The molecule has 7 heteroatoms. The van der Waals surface area contributed by atoms with Crippen LogP contribution in [0.15, 0.2) is 70.2 Å². The molecule has 3 aromatic rings. The Morgan fingerprint density at radius 1 is 1.04 bits per heavy atom. The number of sulfonamides is 1. The molecule has 1 heterocycles. The molecule has 0 radical (unpaired) electrons. The Balaban J connectivity index is 1.74. The van der Waals surface area contributed by atoms with Gasteiger partial charge in [0.2, 0.25) is 10.0 Å². The van der Waals surface area contributed by atoms with Gasteiger partial charge in [-0.15, -0.1) is 0 Å². The van der Waals surface area contributed by atoms with Crippen molar-refractivity contribution in [1.29, 1.82) is 0 Å². The van der Waals surface area contributed by atoms with Crippen LogP contribution in [0.25, 0.3) is 0 Å². The largest absolute Gasteiger partial charge is 0.468 e. The number of nitrogens with zero attached hydrogens (tertiary/aromatic N) is 1. The Bertz CT molecular complexity index is 1050. The molecule has 0 aliphatic carbocycles. The van der Waals surface area contributed by atoms with Gasteiger partial charge in [-0.2, -0.15) is 4.31 Å². The number of rotatable bonds is 6. The number of furan rings is 1. The molecule has 28 heavy (non-hydrogen) atoms. The van der Waals surface area contributed by atoms with Gasteiger partial charge < -0.3 is 9.73 Å². The summed E-state index contributed by atoms with van der Waals surface area (Å²) in [5.41, 5.74) is 3.19. The molecule has 0 bridgehead atoms. The van der Waals surface area contributed by atoms with E-state index in [2.05, 4.69) is 5.32 Å². The standard InChI is InChI=1S/C21H22N2O4S/c1-15-11-16(2)13-18(12-15)22-21(24)17-6-8-20(9-7-17)28(25,26)23(3)14-19-5-4-10-27-19/h4-13H,14H2,1-3H3,(H,22,24). The lowest BCUT2D eigenvalue weighted by Gasteiger charge is -2.16. The number of anilines is 1. The van der Waals surface area contributed by atoms with E-state index >= 15 is 0 Å². The van der Waals surface area contributed by atoms with E-state index in [0.29, 0.717) is 17.0 Å². The Labute approximate surface area is 164 Å². The van der Waals surface area contributed by atoms with Crippen LogP contribution in [0.5, 0.6) is 0 Å². The second-order valence-electron chi connectivity index (χ2n) is 6.70.